The maximum atomic E-state index is 11.2. The highest BCUT2D eigenvalue weighted by molar-refractivity contribution is 5.95. The summed E-state index contributed by atoms with van der Waals surface area (Å²) in [6.45, 7) is 4.57. The van der Waals surface area contributed by atoms with Crippen LogP contribution in [0.5, 0.6) is 0 Å². The Morgan fingerprint density at radius 1 is 1.56 bits per heavy atom. The molecular weight excluding hydrogens is 206 g/mol. The zero-order chi connectivity index (χ0) is 11.5. The number of primary amides is 1. The van der Waals surface area contributed by atoms with E-state index in [1.54, 1.807) is 6.20 Å². The van der Waals surface area contributed by atoms with Crippen LogP contribution in [0.25, 0.3) is 0 Å². The van der Waals surface area contributed by atoms with Crippen molar-refractivity contribution in [2.75, 3.05) is 24.5 Å². The van der Waals surface area contributed by atoms with Crippen LogP contribution in [-0.4, -0.2) is 41.6 Å². The van der Waals surface area contributed by atoms with Crippen molar-refractivity contribution >= 4 is 11.7 Å². The highest BCUT2D eigenvalue weighted by Gasteiger charge is 2.21. The molecule has 1 atom stereocenters. The quantitative estimate of drug-likeness (QED) is 0.695. The molecule has 1 saturated heterocycles. The van der Waals surface area contributed by atoms with Gasteiger partial charge in [0.25, 0.3) is 5.91 Å². The fourth-order valence-corrected chi connectivity index (χ4v) is 1.86. The summed E-state index contributed by atoms with van der Waals surface area (Å²) in [5.74, 6) is 0.0534. The molecule has 0 aliphatic carbocycles. The van der Waals surface area contributed by atoms with E-state index in [0.717, 1.165) is 19.6 Å². The van der Waals surface area contributed by atoms with Crippen LogP contribution >= 0.6 is 0 Å². The first-order valence-electron chi connectivity index (χ1n) is 5.27. The predicted octanol–water partition coefficient (Wildman–Crippen LogP) is -0.626. The predicted molar refractivity (Wildman–Crippen MR) is 60.2 cm³/mol. The molecule has 1 aromatic rings. The van der Waals surface area contributed by atoms with Crippen LogP contribution in [0, 0.1) is 0 Å². The van der Waals surface area contributed by atoms with Crippen LogP contribution in [0.4, 0.5) is 5.82 Å². The van der Waals surface area contributed by atoms with Gasteiger partial charge in [0, 0.05) is 38.1 Å². The summed E-state index contributed by atoms with van der Waals surface area (Å²) < 4.78 is 0. The molecule has 0 aromatic carbocycles. The van der Waals surface area contributed by atoms with E-state index in [0.29, 0.717) is 11.9 Å². The zero-order valence-corrected chi connectivity index (χ0v) is 9.18. The molecule has 0 saturated carbocycles. The SMILES string of the molecule is C[C@H]1CN(c2nccnc2C(N)=O)CCN1. The Labute approximate surface area is 93.9 Å². The molecule has 2 heterocycles. The van der Waals surface area contributed by atoms with Crippen molar-refractivity contribution in [1.29, 1.82) is 0 Å². The van der Waals surface area contributed by atoms with Crippen LogP contribution in [0.3, 0.4) is 0 Å². The van der Waals surface area contributed by atoms with Crippen molar-refractivity contribution in [1.82, 2.24) is 15.3 Å². The molecule has 0 spiro atoms. The minimum Gasteiger partial charge on any atom is -0.364 e. The van der Waals surface area contributed by atoms with E-state index >= 15 is 0 Å². The zero-order valence-electron chi connectivity index (χ0n) is 9.18. The maximum Gasteiger partial charge on any atom is 0.271 e. The van der Waals surface area contributed by atoms with Gasteiger partial charge in [0.05, 0.1) is 0 Å². The number of carbonyl (C=O) groups is 1. The van der Waals surface area contributed by atoms with Gasteiger partial charge in [0.2, 0.25) is 0 Å². The van der Waals surface area contributed by atoms with Crippen molar-refractivity contribution in [3.63, 3.8) is 0 Å². The molecule has 1 aliphatic rings. The molecule has 1 aromatic heterocycles. The Kier molecular flexibility index (Phi) is 3.00. The van der Waals surface area contributed by atoms with Gasteiger partial charge in [-0.3, -0.25) is 4.79 Å². The lowest BCUT2D eigenvalue weighted by molar-refractivity contribution is 0.0995. The number of anilines is 1. The normalized spacial score (nSPS) is 20.8. The van der Waals surface area contributed by atoms with Gasteiger partial charge in [0.15, 0.2) is 11.5 Å². The third kappa shape index (κ3) is 2.11. The van der Waals surface area contributed by atoms with E-state index in [1.165, 1.54) is 6.20 Å². The molecule has 0 unspecified atom stereocenters. The Balaban J connectivity index is 2.28. The number of hydrogen-bond donors (Lipinski definition) is 2. The number of nitrogens with two attached hydrogens (primary N) is 1. The van der Waals surface area contributed by atoms with Gasteiger partial charge >= 0.3 is 0 Å². The third-order valence-corrected chi connectivity index (χ3v) is 2.58. The first kappa shape index (κ1) is 10.8. The maximum absolute atomic E-state index is 11.2. The van der Waals surface area contributed by atoms with E-state index in [4.69, 9.17) is 5.73 Å². The van der Waals surface area contributed by atoms with E-state index in [2.05, 4.69) is 22.2 Å². The first-order valence-corrected chi connectivity index (χ1v) is 5.27. The Bertz CT molecular complexity index is 395. The summed E-state index contributed by atoms with van der Waals surface area (Å²) in [6, 6.07) is 0.372. The minimum atomic E-state index is -0.533. The molecule has 6 nitrogen and oxygen atoms in total. The third-order valence-electron chi connectivity index (χ3n) is 2.58. The second kappa shape index (κ2) is 4.44. The summed E-state index contributed by atoms with van der Waals surface area (Å²) in [7, 11) is 0. The number of nitrogens with one attached hydrogen (secondary N) is 1. The highest BCUT2D eigenvalue weighted by atomic mass is 16.1. The van der Waals surface area contributed by atoms with Crippen molar-refractivity contribution in [3.8, 4) is 0 Å². The molecule has 3 N–H and O–H groups in total. The Hall–Kier alpha value is -1.69. The number of carbonyl (C=O) groups excluding carboxylic acids is 1. The van der Waals surface area contributed by atoms with E-state index in [1.807, 2.05) is 4.90 Å². The summed E-state index contributed by atoms with van der Waals surface area (Å²) in [4.78, 5) is 21.4. The van der Waals surface area contributed by atoms with E-state index < -0.39 is 5.91 Å². The van der Waals surface area contributed by atoms with Crippen molar-refractivity contribution in [2.45, 2.75) is 13.0 Å². The van der Waals surface area contributed by atoms with Gasteiger partial charge in [-0.25, -0.2) is 9.97 Å². The molecule has 1 aliphatic heterocycles. The smallest absolute Gasteiger partial charge is 0.271 e. The summed E-state index contributed by atoms with van der Waals surface area (Å²) >= 11 is 0. The van der Waals surface area contributed by atoms with Gasteiger partial charge in [-0.1, -0.05) is 0 Å². The fraction of sp³-hybridized carbons (Fsp3) is 0.500. The molecule has 16 heavy (non-hydrogen) atoms. The molecule has 2 rings (SSSR count). The monoisotopic (exact) mass is 221 g/mol. The molecule has 1 fully saturated rings. The molecule has 6 heteroatoms. The molecule has 0 radical (unpaired) electrons. The summed E-state index contributed by atoms with van der Waals surface area (Å²) in [5.41, 5.74) is 5.52. The van der Waals surface area contributed by atoms with Crippen molar-refractivity contribution in [2.24, 2.45) is 5.73 Å². The molecular formula is C10H15N5O. The van der Waals surface area contributed by atoms with Gasteiger partial charge in [0.1, 0.15) is 0 Å². The van der Waals surface area contributed by atoms with E-state index in [9.17, 15) is 4.79 Å². The second-order valence-electron chi connectivity index (χ2n) is 3.89. The summed E-state index contributed by atoms with van der Waals surface area (Å²) in [6.07, 6.45) is 3.06. The molecule has 0 bridgehead atoms. The topological polar surface area (TPSA) is 84.1 Å². The van der Waals surface area contributed by atoms with Crippen LogP contribution in [0.2, 0.25) is 0 Å². The molecule has 86 valence electrons. The minimum absolute atomic E-state index is 0.247. The second-order valence-corrected chi connectivity index (χ2v) is 3.89. The fourth-order valence-electron chi connectivity index (χ4n) is 1.86. The van der Waals surface area contributed by atoms with Crippen LogP contribution in [0.15, 0.2) is 12.4 Å². The van der Waals surface area contributed by atoms with Crippen molar-refractivity contribution in [3.05, 3.63) is 18.1 Å². The largest absolute Gasteiger partial charge is 0.364 e. The lowest BCUT2D eigenvalue weighted by Gasteiger charge is -2.33. The standard InChI is InChI=1S/C10H15N5O/c1-7-6-15(5-4-12-7)10-8(9(11)16)13-2-3-14-10/h2-3,7,12H,4-6H2,1H3,(H2,11,16)/t7-/m0/s1. The lowest BCUT2D eigenvalue weighted by Crippen LogP contribution is -2.50. The highest BCUT2D eigenvalue weighted by Crippen LogP contribution is 2.15. The van der Waals surface area contributed by atoms with Gasteiger partial charge in [-0.2, -0.15) is 0 Å². The van der Waals surface area contributed by atoms with Crippen LogP contribution in [-0.2, 0) is 0 Å². The number of aromatic nitrogens is 2. The number of rotatable bonds is 2. The summed E-state index contributed by atoms with van der Waals surface area (Å²) in [5, 5.41) is 3.32. The number of nitrogens with zero attached hydrogens (tertiary/aromatic N) is 3. The lowest BCUT2D eigenvalue weighted by atomic mass is 10.2. The van der Waals surface area contributed by atoms with Gasteiger partial charge < -0.3 is 16.0 Å². The van der Waals surface area contributed by atoms with Gasteiger partial charge in [-0.15, -0.1) is 0 Å². The van der Waals surface area contributed by atoms with Gasteiger partial charge in [-0.05, 0) is 6.92 Å². The number of piperazine rings is 1. The van der Waals surface area contributed by atoms with Crippen molar-refractivity contribution < 1.29 is 4.79 Å². The van der Waals surface area contributed by atoms with Crippen LogP contribution in [0.1, 0.15) is 17.4 Å². The average Bonchev–Trinajstić information content (AvgIpc) is 2.29. The number of amides is 1. The molecule has 1 amide bonds. The Morgan fingerprint density at radius 2 is 2.31 bits per heavy atom. The average molecular weight is 221 g/mol. The first-order chi connectivity index (χ1) is 7.68. The number of hydrogen-bond acceptors (Lipinski definition) is 5. The van der Waals surface area contributed by atoms with Crippen LogP contribution < -0.4 is 16.0 Å². The Morgan fingerprint density at radius 3 is 3.00 bits per heavy atom. The van der Waals surface area contributed by atoms with E-state index in [-0.39, 0.29) is 5.69 Å².